The molecule has 1 fully saturated rings. The van der Waals surface area contributed by atoms with Crippen LogP contribution in [-0.2, 0) is 13.5 Å². The molecule has 3 rings (SSSR count). The molecular weight excluding hydrogens is 412 g/mol. The van der Waals surface area contributed by atoms with Crippen molar-refractivity contribution in [3.05, 3.63) is 58.4 Å². The van der Waals surface area contributed by atoms with Crippen molar-refractivity contribution in [3.8, 4) is 5.88 Å². The minimum atomic E-state index is 0.0368. The molecule has 0 aliphatic carbocycles. The molecule has 0 radical (unpaired) electrons. The lowest BCUT2D eigenvalue weighted by Crippen LogP contribution is -2.25. The first-order valence-corrected chi connectivity index (χ1v) is 12.4. The molecule has 1 aliphatic rings. The van der Waals surface area contributed by atoms with E-state index in [1.807, 2.05) is 29.9 Å². The highest BCUT2D eigenvalue weighted by Gasteiger charge is 2.21. The fourth-order valence-electron chi connectivity index (χ4n) is 4.65. The molecule has 33 heavy (non-hydrogen) atoms. The maximum absolute atomic E-state index is 12.9. The first kappa shape index (κ1) is 25.0. The number of rotatable bonds is 11. The molecule has 180 valence electrons. The van der Waals surface area contributed by atoms with Gasteiger partial charge >= 0.3 is 5.69 Å². The summed E-state index contributed by atoms with van der Waals surface area (Å²) in [6, 6.07) is 4.02. The monoisotopic (exact) mass is 452 g/mol. The number of nitrogens with zero attached hydrogens (tertiary/aromatic N) is 4. The van der Waals surface area contributed by atoms with Crippen molar-refractivity contribution in [1.82, 2.24) is 19.0 Å². The molecule has 0 aromatic carbocycles. The van der Waals surface area contributed by atoms with E-state index in [1.165, 1.54) is 25.9 Å². The summed E-state index contributed by atoms with van der Waals surface area (Å²) in [6.07, 6.45) is 9.20. The number of hydrogen-bond donors (Lipinski definition) is 0. The summed E-state index contributed by atoms with van der Waals surface area (Å²) in [5, 5.41) is 0. The summed E-state index contributed by atoms with van der Waals surface area (Å²) in [6.45, 7) is 16.8. The van der Waals surface area contributed by atoms with Crippen molar-refractivity contribution in [2.75, 3.05) is 26.2 Å². The van der Waals surface area contributed by atoms with Crippen molar-refractivity contribution < 1.29 is 4.74 Å². The Hall–Kier alpha value is -2.60. The first-order valence-electron chi connectivity index (χ1n) is 12.4. The topological polar surface area (TPSA) is 52.3 Å². The molecule has 0 N–H and O–H groups in total. The molecule has 3 heterocycles. The summed E-state index contributed by atoms with van der Waals surface area (Å²) in [7, 11) is 1.86. The normalized spacial score (nSPS) is 14.9. The average molecular weight is 453 g/mol. The quantitative estimate of drug-likeness (QED) is 0.352. The second-order valence-electron chi connectivity index (χ2n) is 9.14. The molecule has 0 unspecified atom stereocenters. The van der Waals surface area contributed by atoms with Crippen LogP contribution in [0.15, 0.2) is 35.8 Å². The second-order valence-corrected chi connectivity index (χ2v) is 9.14. The van der Waals surface area contributed by atoms with Gasteiger partial charge in [0, 0.05) is 37.6 Å². The largest absolute Gasteiger partial charge is 0.478 e. The molecule has 0 spiro atoms. The van der Waals surface area contributed by atoms with Crippen LogP contribution in [0.5, 0.6) is 5.88 Å². The molecule has 2 aromatic heterocycles. The van der Waals surface area contributed by atoms with Crippen molar-refractivity contribution >= 4 is 11.1 Å². The van der Waals surface area contributed by atoms with Crippen LogP contribution in [-0.4, -0.2) is 45.3 Å². The van der Waals surface area contributed by atoms with Crippen LogP contribution in [0.1, 0.15) is 76.4 Å². The lowest BCUT2D eigenvalue weighted by molar-refractivity contribution is 0.257. The summed E-state index contributed by atoms with van der Waals surface area (Å²) in [5.74, 6) is 0.651. The summed E-state index contributed by atoms with van der Waals surface area (Å²) in [4.78, 5) is 19.8. The van der Waals surface area contributed by atoms with Gasteiger partial charge in [-0.15, -0.1) is 0 Å². The Kier molecular flexibility index (Phi) is 8.73. The zero-order valence-corrected chi connectivity index (χ0v) is 21.1. The van der Waals surface area contributed by atoms with E-state index in [-0.39, 0.29) is 11.7 Å². The Bertz CT molecular complexity index is 1020. The van der Waals surface area contributed by atoms with Gasteiger partial charge in [0.1, 0.15) is 0 Å². The molecule has 0 saturated carbocycles. The van der Waals surface area contributed by atoms with Crippen molar-refractivity contribution in [1.29, 1.82) is 0 Å². The third-order valence-corrected chi connectivity index (χ3v) is 6.47. The van der Waals surface area contributed by atoms with E-state index in [9.17, 15) is 4.79 Å². The van der Waals surface area contributed by atoms with Crippen LogP contribution in [0, 0.1) is 0 Å². The van der Waals surface area contributed by atoms with Gasteiger partial charge in [0.25, 0.3) is 0 Å². The number of ether oxygens (including phenoxy) is 1. The number of hydrogen-bond acceptors (Lipinski definition) is 4. The van der Waals surface area contributed by atoms with Gasteiger partial charge in [0.2, 0.25) is 5.88 Å². The van der Waals surface area contributed by atoms with E-state index >= 15 is 0 Å². The van der Waals surface area contributed by atoms with Crippen LogP contribution in [0.25, 0.3) is 11.1 Å². The fraction of sp³-hybridized carbons (Fsp3) is 0.556. The molecule has 0 bridgehead atoms. The van der Waals surface area contributed by atoms with Crippen LogP contribution in [0.3, 0.4) is 0 Å². The van der Waals surface area contributed by atoms with Crippen LogP contribution >= 0.6 is 0 Å². The first-order chi connectivity index (χ1) is 15.9. The molecule has 1 aliphatic heterocycles. The second kappa shape index (κ2) is 11.5. The lowest BCUT2D eigenvalue weighted by atomic mass is 10.00. The SMILES string of the molecule is C=C(/C=C(\CC)c1c(CC)n(C)c(=O)n1C(C)C)c1ccc(OCCCN2CCCC2)nc1. The zero-order valence-electron chi connectivity index (χ0n) is 21.1. The number of aromatic nitrogens is 3. The van der Waals surface area contributed by atoms with Crippen molar-refractivity contribution in [2.24, 2.45) is 7.05 Å². The van der Waals surface area contributed by atoms with E-state index in [2.05, 4.69) is 50.2 Å². The fourth-order valence-corrected chi connectivity index (χ4v) is 4.65. The van der Waals surface area contributed by atoms with E-state index in [0.29, 0.717) is 12.5 Å². The van der Waals surface area contributed by atoms with Gasteiger partial charge in [-0.3, -0.25) is 9.13 Å². The predicted octanol–water partition coefficient (Wildman–Crippen LogP) is 5.10. The third-order valence-electron chi connectivity index (χ3n) is 6.47. The predicted molar refractivity (Wildman–Crippen MR) is 137 cm³/mol. The Labute approximate surface area is 198 Å². The minimum absolute atomic E-state index is 0.0368. The number of allylic oxidation sites excluding steroid dienone is 3. The van der Waals surface area contributed by atoms with Crippen molar-refractivity contribution in [3.63, 3.8) is 0 Å². The molecule has 2 aromatic rings. The van der Waals surface area contributed by atoms with E-state index in [0.717, 1.165) is 53.9 Å². The zero-order chi connectivity index (χ0) is 24.0. The molecule has 6 heteroatoms. The maximum Gasteiger partial charge on any atom is 0.328 e. The smallest absolute Gasteiger partial charge is 0.328 e. The summed E-state index contributed by atoms with van der Waals surface area (Å²) in [5.41, 5.74) is 5.08. The van der Waals surface area contributed by atoms with E-state index < -0.39 is 0 Å². The lowest BCUT2D eigenvalue weighted by Gasteiger charge is -2.15. The van der Waals surface area contributed by atoms with Crippen LogP contribution < -0.4 is 10.4 Å². The van der Waals surface area contributed by atoms with Gasteiger partial charge in [-0.25, -0.2) is 9.78 Å². The third kappa shape index (κ3) is 5.85. The van der Waals surface area contributed by atoms with Gasteiger partial charge in [0.15, 0.2) is 0 Å². The van der Waals surface area contributed by atoms with Gasteiger partial charge in [-0.05, 0) is 87.9 Å². The van der Waals surface area contributed by atoms with Gasteiger partial charge in [0.05, 0.1) is 12.3 Å². The van der Waals surface area contributed by atoms with Gasteiger partial charge < -0.3 is 9.64 Å². The maximum atomic E-state index is 12.9. The highest BCUT2D eigenvalue weighted by molar-refractivity contribution is 5.82. The number of imidazole rings is 1. The average Bonchev–Trinajstić information content (AvgIpc) is 3.41. The standard InChI is InChI=1S/C27H40N4O2/c1-7-22(26-24(8-2)29(6)27(32)31(26)20(3)4)18-21(5)23-12-13-25(28-19-23)33-17-11-16-30-14-9-10-15-30/h12-13,18-20H,5,7-11,14-17H2,1-4,6H3/b22-18+. The molecule has 1 saturated heterocycles. The molecule has 0 atom stereocenters. The van der Waals surface area contributed by atoms with Crippen LogP contribution in [0.4, 0.5) is 0 Å². The Morgan fingerprint density at radius 3 is 2.55 bits per heavy atom. The molecule has 0 amide bonds. The van der Waals surface area contributed by atoms with Gasteiger partial charge in [-0.2, -0.15) is 0 Å². The Balaban J connectivity index is 1.72. The summed E-state index contributed by atoms with van der Waals surface area (Å²) < 4.78 is 9.52. The van der Waals surface area contributed by atoms with E-state index in [1.54, 1.807) is 4.57 Å². The number of likely N-dealkylation sites (tertiary alicyclic amines) is 1. The van der Waals surface area contributed by atoms with Crippen molar-refractivity contribution in [2.45, 2.75) is 65.8 Å². The van der Waals surface area contributed by atoms with Gasteiger partial charge in [-0.1, -0.05) is 20.4 Å². The summed E-state index contributed by atoms with van der Waals surface area (Å²) >= 11 is 0. The number of pyridine rings is 1. The van der Waals surface area contributed by atoms with Crippen LogP contribution in [0.2, 0.25) is 0 Å². The molecule has 6 nitrogen and oxygen atoms in total. The highest BCUT2D eigenvalue weighted by Crippen LogP contribution is 2.28. The Morgan fingerprint density at radius 2 is 1.97 bits per heavy atom. The van der Waals surface area contributed by atoms with E-state index in [4.69, 9.17) is 4.74 Å². The molecular formula is C27H40N4O2. The Morgan fingerprint density at radius 1 is 1.24 bits per heavy atom. The minimum Gasteiger partial charge on any atom is -0.478 e. The highest BCUT2D eigenvalue weighted by atomic mass is 16.5.